The van der Waals surface area contributed by atoms with E-state index in [2.05, 4.69) is 54.1 Å². The SMILES string of the molecule is Cc1ccc(C)c(Cc2ccnc3[nH]ccc23)c1. The summed E-state index contributed by atoms with van der Waals surface area (Å²) in [4.78, 5) is 7.49. The van der Waals surface area contributed by atoms with Gasteiger partial charge in [0.1, 0.15) is 5.65 Å². The molecule has 90 valence electrons. The molecule has 0 aliphatic carbocycles. The summed E-state index contributed by atoms with van der Waals surface area (Å²) in [6.07, 6.45) is 4.79. The Morgan fingerprint density at radius 2 is 1.94 bits per heavy atom. The highest BCUT2D eigenvalue weighted by molar-refractivity contribution is 5.79. The van der Waals surface area contributed by atoms with E-state index in [0.29, 0.717) is 0 Å². The van der Waals surface area contributed by atoms with Crippen molar-refractivity contribution in [3.05, 3.63) is 65.0 Å². The second-order valence-corrected chi connectivity index (χ2v) is 4.82. The van der Waals surface area contributed by atoms with Crippen LogP contribution in [0.2, 0.25) is 0 Å². The van der Waals surface area contributed by atoms with Crippen LogP contribution in [0.5, 0.6) is 0 Å². The second-order valence-electron chi connectivity index (χ2n) is 4.82. The largest absolute Gasteiger partial charge is 0.346 e. The van der Waals surface area contributed by atoms with E-state index in [1.807, 2.05) is 12.4 Å². The zero-order chi connectivity index (χ0) is 12.5. The molecule has 0 saturated carbocycles. The molecular formula is C16H16N2. The van der Waals surface area contributed by atoms with Gasteiger partial charge < -0.3 is 4.98 Å². The predicted molar refractivity (Wildman–Crippen MR) is 74.8 cm³/mol. The number of aromatic nitrogens is 2. The number of hydrogen-bond acceptors (Lipinski definition) is 1. The first-order valence-corrected chi connectivity index (χ1v) is 6.21. The number of nitrogens with zero attached hydrogens (tertiary/aromatic N) is 1. The van der Waals surface area contributed by atoms with Crippen LogP contribution in [0.15, 0.2) is 42.7 Å². The molecule has 18 heavy (non-hydrogen) atoms. The Morgan fingerprint density at radius 3 is 2.83 bits per heavy atom. The Balaban J connectivity index is 2.06. The van der Waals surface area contributed by atoms with Crippen molar-refractivity contribution in [2.45, 2.75) is 20.3 Å². The molecule has 1 N–H and O–H groups in total. The molecule has 0 aliphatic rings. The topological polar surface area (TPSA) is 28.7 Å². The molecule has 0 radical (unpaired) electrons. The molecule has 0 aliphatic heterocycles. The number of fused-ring (bicyclic) bond motifs is 1. The van der Waals surface area contributed by atoms with Gasteiger partial charge in [-0.2, -0.15) is 0 Å². The minimum atomic E-state index is 0.963. The van der Waals surface area contributed by atoms with Crippen molar-refractivity contribution in [2.75, 3.05) is 0 Å². The summed E-state index contributed by atoms with van der Waals surface area (Å²) in [5.74, 6) is 0. The van der Waals surface area contributed by atoms with Gasteiger partial charge in [-0.1, -0.05) is 23.8 Å². The average Bonchev–Trinajstić information content (AvgIpc) is 2.83. The summed E-state index contributed by atoms with van der Waals surface area (Å²) in [7, 11) is 0. The van der Waals surface area contributed by atoms with E-state index in [1.165, 1.54) is 27.6 Å². The van der Waals surface area contributed by atoms with Gasteiger partial charge in [0.05, 0.1) is 0 Å². The van der Waals surface area contributed by atoms with Crippen molar-refractivity contribution < 1.29 is 0 Å². The lowest BCUT2D eigenvalue weighted by Crippen LogP contribution is -1.94. The fourth-order valence-electron chi connectivity index (χ4n) is 2.37. The van der Waals surface area contributed by atoms with Gasteiger partial charge in [-0.15, -0.1) is 0 Å². The highest BCUT2D eigenvalue weighted by Crippen LogP contribution is 2.21. The van der Waals surface area contributed by atoms with Crippen LogP contribution in [-0.4, -0.2) is 9.97 Å². The molecule has 3 aromatic rings. The summed E-state index contributed by atoms with van der Waals surface area (Å²) in [6, 6.07) is 10.8. The fourth-order valence-corrected chi connectivity index (χ4v) is 2.37. The van der Waals surface area contributed by atoms with E-state index < -0.39 is 0 Å². The maximum absolute atomic E-state index is 4.33. The van der Waals surface area contributed by atoms with Gasteiger partial charge in [-0.25, -0.2) is 4.98 Å². The Labute approximate surface area is 107 Å². The maximum Gasteiger partial charge on any atom is 0.137 e. The van der Waals surface area contributed by atoms with Crippen molar-refractivity contribution in [1.82, 2.24) is 9.97 Å². The van der Waals surface area contributed by atoms with E-state index in [9.17, 15) is 0 Å². The first-order valence-electron chi connectivity index (χ1n) is 6.21. The number of aromatic amines is 1. The molecule has 0 fully saturated rings. The Morgan fingerprint density at radius 1 is 1.06 bits per heavy atom. The molecule has 0 atom stereocenters. The average molecular weight is 236 g/mol. The molecule has 0 bridgehead atoms. The van der Waals surface area contributed by atoms with Crippen molar-refractivity contribution in [3.63, 3.8) is 0 Å². The third kappa shape index (κ3) is 1.90. The molecule has 1 aromatic carbocycles. The minimum absolute atomic E-state index is 0.963. The summed E-state index contributed by atoms with van der Waals surface area (Å²) in [6.45, 7) is 4.31. The van der Waals surface area contributed by atoms with Gasteiger partial charge in [-0.3, -0.25) is 0 Å². The van der Waals surface area contributed by atoms with Crippen molar-refractivity contribution in [3.8, 4) is 0 Å². The number of nitrogens with one attached hydrogen (secondary N) is 1. The number of benzene rings is 1. The molecule has 0 spiro atoms. The highest BCUT2D eigenvalue weighted by atomic mass is 14.8. The third-order valence-electron chi connectivity index (χ3n) is 3.44. The van der Waals surface area contributed by atoms with E-state index in [-0.39, 0.29) is 0 Å². The van der Waals surface area contributed by atoms with Crippen molar-refractivity contribution >= 4 is 11.0 Å². The first-order chi connectivity index (χ1) is 8.74. The van der Waals surface area contributed by atoms with Crippen LogP contribution in [0.4, 0.5) is 0 Å². The summed E-state index contributed by atoms with van der Waals surface area (Å²) < 4.78 is 0. The summed E-state index contributed by atoms with van der Waals surface area (Å²) >= 11 is 0. The van der Waals surface area contributed by atoms with Crippen molar-refractivity contribution in [2.24, 2.45) is 0 Å². The fraction of sp³-hybridized carbons (Fsp3) is 0.188. The Kier molecular flexibility index (Phi) is 2.63. The summed E-state index contributed by atoms with van der Waals surface area (Å²) in [5, 5.41) is 1.22. The van der Waals surface area contributed by atoms with Crippen LogP contribution in [0.3, 0.4) is 0 Å². The van der Waals surface area contributed by atoms with E-state index >= 15 is 0 Å². The zero-order valence-corrected chi connectivity index (χ0v) is 10.7. The van der Waals surface area contributed by atoms with Crippen LogP contribution < -0.4 is 0 Å². The Bertz CT molecular complexity index is 695. The summed E-state index contributed by atoms with van der Waals surface area (Å²) in [5.41, 5.74) is 6.35. The first kappa shape index (κ1) is 11.0. The predicted octanol–water partition coefficient (Wildman–Crippen LogP) is 3.77. The molecule has 0 unspecified atom stereocenters. The van der Waals surface area contributed by atoms with E-state index in [4.69, 9.17) is 0 Å². The van der Waals surface area contributed by atoms with Gasteiger partial charge in [0.15, 0.2) is 0 Å². The molecule has 2 heterocycles. The van der Waals surface area contributed by atoms with Crippen LogP contribution >= 0.6 is 0 Å². The third-order valence-corrected chi connectivity index (χ3v) is 3.44. The molecule has 2 aromatic heterocycles. The maximum atomic E-state index is 4.33. The number of aryl methyl sites for hydroxylation is 2. The van der Waals surface area contributed by atoms with E-state index in [0.717, 1.165) is 12.1 Å². The lowest BCUT2D eigenvalue weighted by atomic mass is 9.98. The van der Waals surface area contributed by atoms with Crippen LogP contribution in [-0.2, 0) is 6.42 Å². The molecular weight excluding hydrogens is 220 g/mol. The monoisotopic (exact) mass is 236 g/mol. The quantitative estimate of drug-likeness (QED) is 0.721. The number of hydrogen-bond donors (Lipinski definition) is 1. The van der Waals surface area contributed by atoms with Gasteiger partial charge >= 0.3 is 0 Å². The van der Waals surface area contributed by atoms with Gasteiger partial charge in [-0.05, 0) is 49.1 Å². The zero-order valence-electron chi connectivity index (χ0n) is 10.7. The van der Waals surface area contributed by atoms with Crippen LogP contribution in [0.1, 0.15) is 22.3 Å². The van der Waals surface area contributed by atoms with Crippen molar-refractivity contribution in [1.29, 1.82) is 0 Å². The molecule has 2 heteroatoms. The van der Waals surface area contributed by atoms with Crippen LogP contribution in [0.25, 0.3) is 11.0 Å². The standard InChI is InChI=1S/C16H16N2/c1-11-3-4-12(2)14(9-11)10-13-5-7-17-16-15(13)6-8-18-16/h3-9H,10H2,1-2H3,(H,17,18). The van der Waals surface area contributed by atoms with Gasteiger partial charge in [0.2, 0.25) is 0 Å². The molecule has 3 rings (SSSR count). The Hall–Kier alpha value is -2.09. The highest BCUT2D eigenvalue weighted by Gasteiger charge is 2.05. The van der Waals surface area contributed by atoms with Crippen LogP contribution in [0, 0.1) is 13.8 Å². The minimum Gasteiger partial charge on any atom is -0.346 e. The number of pyridine rings is 1. The van der Waals surface area contributed by atoms with Gasteiger partial charge in [0.25, 0.3) is 0 Å². The smallest absolute Gasteiger partial charge is 0.137 e. The molecule has 0 saturated heterocycles. The molecule has 2 nitrogen and oxygen atoms in total. The van der Waals surface area contributed by atoms with E-state index in [1.54, 1.807) is 0 Å². The lowest BCUT2D eigenvalue weighted by Gasteiger charge is -2.08. The molecule has 0 amide bonds. The lowest BCUT2D eigenvalue weighted by molar-refractivity contribution is 1.15. The normalized spacial score (nSPS) is 11.0. The second kappa shape index (κ2) is 4.30. The number of rotatable bonds is 2. The van der Waals surface area contributed by atoms with Gasteiger partial charge in [0, 0.05) is 17.8 Å². The number of H-pyrrole nitrogens is 1.